The van der Waals surface area contributed by atoms with Crippen LogP contribution in [0.25, 0.3) is 0 Å². The number of nitrogens with one attached hydrogen (secondary N) is 1. The van der Waals surface area contributed by atoms with Crippen LogP contribution in [0.1, 0.15) is 23.2 Å². The Hall–Kier alpha value is -1.35. The third kappa shape index (κ3) is 3.60. The van der Waals surface area contributed by atoms with Crippen molar-refractivity contribution in [3.63, 3.8) is 0 Å². The summed E-state index contributed by atoms with van der Waals surface area (Å²) in [5.41, 5.74) is 2.23. The van der Waals surface area contributed by atoms with E-state index in [-0.39, 0.29) is 17.4 Å². The van der Waals surface area contributed by atoms with E-state index in [0.29, 0.717) is 17.3 Å². The second-order valence-electron chi connectivity index (χ2n) is 4.47. The van der Waals surface area contributed by atoms with Crippen LogP contribution in [0.15, 0.2) is 16.7 Å². The molecule has 1 aliphatic carbocycles. The minimum atomic E-state index is -4.44. The van der Waals surface area contributed by atoms with Gasteiger partial charge in [0.1, 0.15) is 6.54 Å². The highest BCUT2D eigenvalue weighted by Crippen LogP contribution is 2.32. The zero-order valence-electron chi connectivity index (χ0n) is 10.2. The lowest BCUT2D eigenvalue weighted by Crippen LogP contribution is -2.41. The number of hydrogen-bond acceptors (Lipinski definition) is 4. The Morgan fingerprint density at radius 1 is 1.55 bits per heavy atom. The Morgan fingerprint density at radius 2 is 2.20 bits per heavy atom. The van der Waals surface area contributed by atoms with Gasteiger partial charge in [-0.1, -0.05) is 0 Å². The van der Waals surface area contributed by atoms with Gasteiger partial charge in [0.15, 0.2) is 5.82 Å². The van der Waals surface area contributed by atoms with Crippen LogP contribution in [0.5, 0.6) is 0 Å². The van der Waals surface area contributed by atoms with Gasteiger partial charge in [-0.3, -0.25) is 4.79 Å². The lowest BCUT2D eigenvalue weighted by atomic mass is 10.2. The molecule has 2 rings (SSSR count). The number of rotatable bonds is 4. The molecular formula is C11H12BrF3N4O. The molecule has 0 radical (unpaired) electrons. The molecule has 1 aromatic heterocycles. The molecular weight excluding hydrogens is 341 g/mol. The Kier molecular flexibility index (Phi) is 4.19. The van der Waals surface area contributed by atoms with Gasteiger partial charge in [0.05, 0.1) is 5.56 Å². The molecule has 0 bridgehead atoms. The number of nitrogen functional groups attached to an aromatic ring is 1. The van der Waals surface area contributed by atoms with Gasteiger partial charge in [-0.2, -0.15) is 13.2 Å². The maximum Gasteiger partial charge on any atom is 0.406 e. The first kappa shape index (κ1) is 15.0. The van der Waals surface area contributed by atoms with Gasteiger partial charge in [-0.25, -0.2) is 10.8 Å². The van der Waals surface area contributed by atoms with E-state index < -0.39 is 18.6 Å². The maximum atomic E-state index is 12.6. The normalized spacial score (nSPS) is 15.1. The number of hydrogen-bond donors (Lipinski definition) is 2. The number of anilines is 1. The molecule has 0 aromatic carbocycles. The average Bonchev–Trinajstić information content (AvgIpc) is 3.18. The minimum Gasteiger partial charge on any atom is -0.326 e. The first-order valence-electron chi connectivity index (χ1n) is 5.81. The maximum absolute atomic E-state index is 12.6. The van der Waals surface area contributed by atoms with E-state index in [1.165, 1.54) is 12.3 Å². The molecule has 1 saturated carbocycles. The van der Waals surface area contributed by atoms with Crippen molar-refractivity contribution in [3.05, 3.63) is 22.3 Å². The van der Waals surface area contributed by atoms with Crippen LogP contribution in [0.2, 0.25) is 0 Å². The number of amides is 1. The quantitative estimate of drug-likeness (QED) is 0.644. The molecule has 1 fully saturated rings. The van der Waals surface area contributed by atoms with Gasteiger partial charge in [0.25, 0.3) is 5.91 Å². The van der Waals surface area contributed by atoms with E-state index in [1.54, 1.807) is 0 Å². The van der Waals surface area contributed by atoms with E-state index in [2.05, 4.69) is 26.3 Å². The fourth-order valence-corrected chi connectivity index (χ4v) is 2.15. The van der Waals surface area contributed by atoms with Gasteiger partial charge in [0.2, 0.25) is 0 Å². The number of nitrogens with zero attached hydrogens (tertiary/aromatic N) is 2. The molecule has 110 valence electrons. The van der Waals surface area contributed by atoms with Crippen molar-refractivity contribution < 1.29 is 18.0 Å². The molecule has 3 N–H and O–H groups in total. The smallest absolute Gasteiger partial charge is 0.326 e. The minimum absolute atomic E-state index is 0.0121. The number of hydrazine groups is 1. The van der Waals surface area contributed by atoms with Crippen LogP contribution in [0.4, 0.5) is 19.0 Å². The van der Waals surface area contributed by atoms with Crippen molar-refractivity contribution in [3.8, 4) is 0 Å². The van der Waals surface area contributed by atoms with Crippen LogP contribution < -0.4 is 11.3 Å². The number of halogens is 4. The van der Waals surface area contributed by atoms with Gasteiger partial charge in [-0.15, -0.1) is 0 Å². The molecule has 0 unspecified atom stereocenters. The van der Waals surface area contributed by atoms with Crippen molar-refractivity contribution >= 4 is 27.7 Å². The van der Waals surface area contributed by atoms with Gasteiger partial charge in [0, 0.05) is 16.7 Å². The summed E-state index contributed by atoms with van der Waals surface area (Å²) in [5.74, 6) is 4.55. The zero-order chi connectivity index (χ0) is 14.9. The van der Waals surface area contributed by atoms with Crippen molar-refractivity contribution in [1.82, 2.24) is 9.88 Å². The summed E-state index contributed by atoms with van der Waals surface area (Å²) in [6, 6.07) is 1.03. The summed E-state index contributed by atoms with van der Waals surface area (Å²) in [5, 5.41) is 0. The van der Waals surface area contributed by atoms with Crippen LogP contribution >= 0.6 is 15.9 Å². The van der Waals surface area contributed by atoms with Crippen molar-refractivity contribution in [2.24, 2.45) is 5.84 Å². The topological polar surface area (TPSA) is 71.2 Å². The van der Waals surface area contributed by atoms with E-state index in [4.69, 9.17) is 5.84 Å². The first-order valence-corrected chi connectivity index (χ1v) is 6.61. The molecule has 1 aliphatic rings. The number of carbonyl (C=O) groups is 1. The molecule has 9 heteroatoms. The highest BCUT2D eigenvalue weighted by molar-refractivity contribution is 9.10. The number of pyridine rings is 1. The third-order valence-electron chi connectivity index (χ3n) is 2.82. The van der Waals surface area contributed by atoms with Crippen LogP contribution in [-0.4, -0.2) is 34.6 Å². The molecule has 1 heterocycles. The largest absolute Gasteiger partial charge is 0.406 e. The number of aromatic nitrogens is 1. The van der Waals surface area contributed by atoms with Crippen LogP contribution in [0, 0.1) is 0 Å². The fraction of sp³-hybridized carbons (Fsp3) is 0.455. The molecule has 1 aromatic rings. The van der Waals surface area contributed by atoms with Gasteiger partial charge in [-0.05, 0) is 34.8 Å². The SMILES string of the molecule is NNc1ncc(Br)cc1C(=O)N(CC(F)(F)F)C1CC1. The highest BCUT2D eigenvalue weighted by Gasteiger charge is 2.41. The molecule has 0 spiro atoms. The number of alkyl halides is 3. The second kappa shape index (κ2) is 5.57. The summed E-state index contributed by atoms with van der Waals surface area (Å²) >= 11 is 3.13. The first-order chi connectivity index (χ1) is 9.31. The predicted molar refractivity (Wildman–Crippen MR) is 69.9 cm³/mol. The Balaban J connectivity index is 2.30. The van der Waals surface area contributed by atoms with Crippen molar-refractivity contribution in [1.29, 1.82) is 0 Å². The van der Waals surface area contributed by atoms with E-state index >= 15 is 0 Å². The summed E-state index contributed by atoms with van der Waals surface area (Å²) in [6.07, 6.45) is -1.88. The van der Waals surface area contributed by atoms with Gasteiger partial charge >= 0.3 is 6.18 Å². The van der Waals surface area contributed by atoms with Crippen molar-refractivity contribution in [2.75, 3.05) is 12.0 Å². The Morgan fingerprint density at radius 3 is 2.70 bits per heavy atom. The second-order valence-corrected chi connectivity index (χ2v) is 5.39. The molecule has 5 nitrogen and oxygen atoms in total. The summed E-state index contributed by atoms with van der Waals surface area (Å²) in [6.45, 7) is -1.27. The standard InChI is InChI=1S/C11H12BrF3N4O/c12-6-3-8(9(18-16)17-4-6)10(20)19(7-1-2-7)5-11(13,14)15/h3-4,7H,1-2,5,16H2,(H,17,18). The summed E-state index contributed by atoms with van der Waals surface area (Å²) in [4.78, 5) is 17.0. The molecule has 0 atom stereocenters. The predicted octanol–water partition coefficient (Wildman–Crippen LogP) is 2.30. The third-order valence-corrected chi connectivity index (χ3v) is 3.25. The van der Waals surface area contributed by atoms with E-state index in [0.717, 1.165) is 4.90 Å². The molecule has 20 heavy (non-hydrogen) atoms. The van der Waals surface area contributed by atoms with Crippen molar-refractivity contribution in [2.45, 2.75) is 25.1 Å². The average molecular weight is 353 g/mol. The van der Waals surface area contributed by atoms with Gasteiger partial charge < -0.3 is 10.3 Å². The highest BCUT2D eigenvalue weighted by atomic mass is 79.9. The zero-order valence-corrected chi connectivity index (χ0v) is 11.8. The monoisotopic (exact) mass is 352 g/mol. The Labute approximate surface area is 121 Å². The number of carbonyl (C=O) groups excluding carboxylic acids is 1. The fourth-order valence-electron chi connectivity index (χ4n) is 1.82. The van der Waals surface area contributed by atoms with Crippen LogP contribution in [-0.2, 0) is 0 Å². The van der Waals surface area contributed by atoms with Crippen LogP contribution in [0.3, 0.4) is 0 Å². The summed E-state index contributed by atoms with van der Waals surface area (Å²) < 4.78 is 38.2. The number of nitrogens with two attached hydrogens (primary N) is 1. The molecule has 1 amide bonds. The Bertz CT molecular complexity index is 519. The van der Waals surface area contributed by atoms with E-state index in [1.807, 2.05) is 0 Å². The lowest BCUT2D eigenvalue weighted by molar-refractivity contribution is -0.141. The summed E-state index contributed by atoms with van der Waals surface area (Å²) in [7, 11) is 0. The molecule has 0 saturated heterocycles. The molecule has 0 aliphatic heterocycles. The van der Waals surface area contributed by atoms with E-state index in [9.17, 15) is 18.0 Å². The lowest BCUT2D eigenvalue weighted by Gasteiger charge is -2.24.